The molecule has 2 aromatic rings. The van der Waals surface area contributed by atoms with Crippen LogP contribution in [0, 0.1) is 0 Å². The number of hydrogen-bond donors (Lipinski definition) is 0. The Labute approximate surface area is 159 Å². The van der Waals surface area contributed by atoms with Gasteiger partial charge in [0.05, 0.1) is 14.2 Å². The predicted octanol–water partition coefficient (Wildman–Crippen LogP) is 3.31. The summed E-state index contributed by atoms with van der Waals surface area (Å²) in [6, 6.07) is 5.68. The number of ether oxygens (including phenoxy) is 3. The molecule has 0 saturated carbocycles. The number of hydrogen-bond acceptors (Lipinski definition) is 6. The Morgan fingerprint density at radius 2 is 1.85 bits per heavy atom. The van der Waals surface area contributed by atoms with Crippen LogP contribution >= 0.6 is 0 Å². The molecule has 0 amide bonds. The number of anilines is 1. The lowest BCUT2D eigenvalue weighted by molar-refractivity contribution is 0.103. The van der Waals surface area contributed by atoms with E-state index in [4.69, 9.17) is 14.2 Å². The second kappa shape index (κ2) is 8.73. The molecular formula is C20H26N4O3. The highest BCUT2D eigenvalue weighted by molar-refractivity contribution is 5.61. The van der Waals surface area contributed by atoms with Crippen LogP contribution in [0.2, 0.25) is 0 Å². The van der Waals surface area contributed by atoms with Gasteiger partial charge in [0.25, 0.3) is 0 Å². The minimum atomic E-state index is -0.116. The summed E-state index contributed by atoms with van der Waals surface area (Å²) in [5.74, 6) is 2.75. The molecule has 1 saturated heterocycles. The van der Waals surface area contributed by atoms with E-state index < -0.39 is 0 Å². The van der Waals surface area contributed by atoms with Crippen LogP contribution in [0.5, 0.6) is 11.5 Å². The lowest BCUT2D eigenvalue weighted by atomic mass is 10.2. The minimum Gasteiger partial charge on any atom is -0.494 e. The summed E-state index contributed by atoms with van der Waals surface area (Å²) in [5.41, 5.74) is 0.756. The van der Waals surface area contributed by atoms with Gasteiger partial charge in [-0.2, -0.15) is 0 Å². The molecule has 1 fully saturated rings. The van der Waals surface area contributed by atoms with Crippen molar-refractivity contribution in [3.8, 4) is 17.2 Å². The molecule has 7 heteroatoms. The molecule has 0 bridgehead atoms. The van der Waals surface area contributed by atoms with Crippen LogP contribution in [-0.4, -0.2) is 48.7 Å². The van der Waals surface area contributed by atoms with Crippen molar-refractivity contribution in [2.75, 3.05) is 38.8 Å². The van der Waals surface area contributed by atoms with Crippen molar-refractivity contribution in [3.05, 3.63) is 49.3 Å². The molecule has 1 aliphatic heterocycles. The van der Waals surface area contributed by atoms with Gasteiger partial charge in [-0.25, -0.2) is 0 Å². The summed E-state index contributed by atoms with van der Waals surface area (Å²) in [6.07, 6.45) is 5.44. The van der Waals surface area contributed by atoms with Crippen LogP contribution in [0.15, 0.2) is 43.5 Å². The minimum absolute atomic E-state index is 0.116. The quantitative estimate of drug-likeness (QED) is 0.631. The van der Waals surface area contributed by atoms with Crippen LogP contribution in [0.1, 0.15) is 24.8 Å². The van der Waals surface area contributed by atoms with Crippen LogP contribution in [-0.2, 0) is 4.74 Å². The van der Waals surface area contributed by atoms with E-state index in [9.17, 15) is 0 Å². The van der Waals surface area contributed by atoms with Crippen LogP contribution < -0.4 is 14.4 Å². The van der Waals surface area contributed by atoms with Gasteiger partial charge in [0.1, 0.15) is 23.3 Å². The monoisotopic (exact) mass is 370 g/mol. The second-order valence-electron chi connectivity index (χ2n) is 6.19. The molecule has 7 nitrogen and oxygen atoms in total. The summed E-state index contributed by atoms with van der Waals surface area (Å²) in [4.78, 5) is 2.04. The maximum atomic E-state index is 5.90. The largest absolute Gasteiger partial charge is 0.494 e. The normalized spacial score (nSPS) is 16.1. The third-order valence-corrected chi connectivity index (χ3v) is 4.50. The Morgan fingerprint density at radius 1 is 1.19 bits per heavy atom. The Hall–Kier alpha value is -2.80. The zero-order chi connectivity index (χ0) is 19.2. The van der Waals surface area contributed by atoms with Crippen molar-refractivity contribution in [1.82, 2.24) is 14.8 Å². The van der Waals surface area contributed by atoms with Gasteiger partial charge in [-0.1, -0.05) is 18.2 Å². The maximum absolute atomic E-state index is 5.90. The van der Waals surface area contributed by atoms with Crippen molar-refractivity contribution in [3.63, 3.8) is 0 Å². The van der Waals surface area contributed by atoms with Crippen molar-refractivity contribution >= 4 is 5.95 Å². The van der Waals surface area contributed by atoms with E-state index >= 15 is 0 Å². The molecule has 1 aromatic heterocycles. The lowest BCUT2D eigenvalue weighted by Crippen LogP contribution is -2.27. The molecular weight excluding hydrogens is 344 g/mol. The summed E-state index contributed by atoms with van der Waals surface area (Å²) in [6.45, 7) is 9.64. The summed E-state index contributed by atoms with van der Waals surface area (Å²) in [5, 5.41) is 8.96. The number of para-hydroxylation sites is 1. The van der Waals surface area contributed by atoms with Crippen molar-refractivity contribution in [1.29, 1.82) is 0 Å². The van der Waals surface area contributed by atoms with E-state index in [1.54, 1.807) is 14.2 Å². The Kier molecular flexibility index (Phi) is 6.13. The van der Waals surface area contributed by atoms with E-state index in [1.807, 2.05) is 39.8 Å². The first-order chi connectivity index (χ1) is 13.2. The van der Waals surface area contributed by atoms with Gasteiger partial charge in [-0.05, 0) is 25.0 Å². The summed E-state index contributed by atoms with van der Waals surface area (Å²) >= 11 is 0. The summed E-state index contributed by atoms with van der Waals surface area (Å²) in [7, 11) is 3.28. The molecule has 0 unspecified atom stereocenters. The average molecular weight is 370 g/mol. The molecule has 144 valence electrons. The van der Waals surface area contributed by atoms with Crippen molar-refractivity contribution in [2.45, 2.75) is 18.9 Å². The van der Waals surface area contributed by atoms with E-state index in [1.165, 1.54) is 0 Å². The molecule has 0 N–H and O–H groups in total. The fraction of sp³-hybridized carbons (Fsp3) is 0.400. The number of nitrogens with zero attached hydrogens (tertiary/aromatic N) is 4. The molecule has 2 heterocycles. The van der Waals surface area contributed by atoms with Crippen LogP contribution in [0.3, 0.4) is 0 Å². The number of aromatic nitrogens is 3. The molecule has 1 atom stereocenters. The highest BCUT2D eigenvalue weighted by Crippen LogP contribution is 2.39. The third-order valence-electron chi connectivity index (χ3n) is 4.50. The molecule has 27 heavy (non-hydrogen) atoms. The topological polar surface area (TPSA) is 61.6 Å². The first-order valence-electron chi connectivity index (χ1n) is 9.00. The molecule has 1 aliphatic rings. The maximum Gasteiger partial charge on any atom is 0.232 e. The highest BCUT2D eigenvalue weighted by Gasteiger charge is 2.30. The predicted molar refractivity (Wildman–Crippen MR) is 105 cm³/mol. The van der Waals surface area contributed by atoms with E-state index in [0.29, 0.717) is 30.5 Å². The molecule has 1 aromatic carbocycles. The SMILES string of the molecule is C=CCN(CC=C)c1nnc([C@@H]2CCCO2)n1-c1c(OC)cccc1OC. The van der Waals surface area contributed by atoms with Gasteiger partial charge in [-0.15, -0.1) is 23.4 Å². The smallest absolute Gasteiger partial charge is 0.232 e. The number of methoxy groups -OCH3 is 2. The molecule has 3 rings (SSSR count). The standard InChI is InChI=1S/C20H26N4O3/c1-5-12-23(13-6-2)20-22-21-19(17-11-8-14-27-17)24(20)18-15(25-3)9-7-10-16(18)26-4/h5-7,9-10,17H,1-2,8,11-14H2,3-4H3/t17-/m0/s1. The van der Waals surface area contributed by atoms with E-state index in [2.05, 4.69) is 23.4 Å². The Balaban J connectivity index is 2.24. The zero-order valence-electron chi connectivity index (χ0n) is 15.9. The molecule has 0 spiro atoms. The first-order valence-corrected chi connectivity index (χ1v) is 9.00. The fourth-order valence-corrected chi connectivity index (χ4v) is 3.30. The Morgan fingerprint density at radius 3 is 2.37 bits per heavy atom. The lowest BCUT2D eigenvalue weighted by Gasteiger charge is -2.24. The van der Waals surface area contributed by atoms with Gasteiger partial charge >= 0.3 is 0 Å². The third kappa shape index (κ3) is 3.68. The zero-order valence-corrected chi connectivity index (χ0v) is 15.9. The van der Waals surface area contributed by atoms with Crippen molar-refractivity contribution in [2.24, 2.45) is 0 Å². The van der Waals surface area contributed by atoms with Gasteiger partial charge in [0, 0.05) is 19.7 Å². The van der Waals surface area contributed by atoms with Crippen LogP contribution in [0.25, 0.3) is 5.69 Å². The second-order valence-corrected chi connectivity index (χ2v) is 6.19. The van der Waals surface area contributed by atoms with Gasteiger partial charge in [-0.3, -0.25) is 4.57 Å². The first kappa shape index (κ1) is 19.0. The summed E-state index contributed by atoms with van der Waals surface area (Å²) < 4.78 is 19.1. The number of benzene rings is 1. The van der Waals surface area contributed by atoms with Crippen molar-refractivity contribution < 1.29 is 14.2 Å². The van der Waals surface area contributed by atoms with Gasteiger partial charge in [0.2, 0.25) is 5.95 Å². The molecule has 0 radical (unpaired) electrons. The molecule has 0 aliphatic carbocycles. The number of rotatable bonds is 9. The average Bonchev–Trinajstić information content (AvgIpc) is 3.36. The van der Waals surface area contributed by atoms with Gasteiger partial charge < -0.3 is 19.1 Å². The van der Waals surface area contributed by atoms with Crippen LogP contribution in [0.4, 0.5) is 5.95 Å². The Bertz CT molecular complexity index is 764. The van der Waals surface area contributed by atoms with E-state index in [-0.39, 0.29) is 6.10 Å². The van der Waals surface area contributed by atoms with Gasteiger partial charge in [0.15, 0.2) is 5.82 Å². The van der Waals surface area contributed by atoms with E-state index in [0.717, 1.165) is 31.0 Å². The fourth-order valence-electron chi connectivity index (χ4n) is 3.30. The highest BCUT2D eigenvalue weighted by atomic mass is 16.5.